The second-order valence-electron chi connectivity index (χ2n) is 5.91. The average molecular weight is 316 g/mol. The van der Waals surface area contributed by atoms with Crippen LogP contribution in [-0.2, 0) is 18.0 Å². The Hall–Kier alpha value is -1.99. The fourth-order valence-electron chi connectivity index (χ4n) is 2.99. The Morgan fingerprint density at radius 2 is 2.17 bits per heavy atom. The van der Waals surface area contributed by atoms with Crippen molar-refractivity contribution in [2.75, 3.05) is 25.1 Å². The van der Waals surface area contributed by atoms with Crippen LogP contribution in [0.25, 0.3) is 0 Å². The lowest BCUT2D eigenvalue weighted by Crippen LogP contribution is -2.46. The molecule has 1 fully saturated rings. The molecule has 1 aliphatic heterocycles. The van der Waals surface area contributed by atoms with Crippen LogP contribution in [0.2, 0.25) is 0 Å². The van der Waals surface area contributed by atoms with Crippen LogP contribution in [-0.4, -0.2) is 46.0 Å². The summed E-state index contributed by atoms with van der Waals surface area (Å²) < 4.78 is 7.10. The highest BCUT2D eigenvalue weighted by Crippen LogP contribution is 2.16. The van der Waals surface area contributed by atoms with Crippen LogP contribution in [0.5, 0.6) is 0 Å². The molecule has 0 aromatic carbocycles. The number of anilines is 1. The Morgan fingerprint density at radius 3 is 2.96 bits per heavy atom. The molecule has 3 heterocycles. The van der Waals surface area contributed by atoms with Crippen molar-refractivity contribution in [3.8, 4) is 0 Å². The fraction of sp³-hybridized carbons (Fsp3) is 0.562. The minimum Gasteiger partial charge on any atom is -0.362 e. The second-order valence-corrected chi connectivity index (χ2v) is 5.91. The number of hydrogen-bond acceptors (Lipinski definition) is 6. The maximum Gasteiger partial charge on any atom is 0.225 e. The third-order valence-corrected chi connectivity index (χ3v) is 4.22. The number of hydrogen-bond donors (Lipinski definition) is 1. The van der Waals surface area contributed by atoms with Crippen LogP contribution < -0.4 is 10.2 Å². The Kier molecular flexibility index (Phi) is 5.19. The molecule has 0 spiro atoms. The lowest BCUT2D eigenvalue weighted by Gasteiger charge is -2.33. The van der Waals surface area contributed by atoms with E-state index in [-0.39, 0.29) is 0 Å². The van der Waals surface area contributed by atoms with Gasteiger partial charge in [-0.15, -0.1) is 0 Å². The maximum atomic E-state index is 5.20. The number of aryl methyl sites for hydroxylation is 1. The largest absolute Gasteiger partial charge is 0.362 e. The van der Waals surface area contributed by atoms with Crippen LogP contribution in [0.4, 0.5) is 5.95 Å². The van der Waals surface area contributed by atoms with E-state index in [2.05, 4.69) is 32.2 Å². The van der Waals surface area contributed by atoms with Gasteiger partial charge in [-0.25, -0.2) is 14.6 Å². The van der Waals surface area contributed by atoms with Crippen molar-refractivity contribution in [1.82, 2.24) is 25.1 Å². The van der Waals surface area contributed by atoms with Gasteiger partial charge >= 0.3 is 0 Å². The molecule has 3 rings (SSSR count). The van der Waals surface area contributed by atoms with Crippen LogP contribution in [0, 0.1) is 6.92 Å². The zero-order valence-electron chi connectivity index (χ0n) is 13.8. The zero-order valence-corrected chi connectivity index (χ0v) is 13.8. The summed E-state index contributed by atoms with van der Waals surface area (Å²) in [4.78, 5) is 11.0. The van der Waals surface area contributed by atoms with E-state index in [0.29, 0.717) is 12.8 Å². The van der Waals surface area contributed by atoms with Gasteiger partial charge in [-0.1, -0.05) is 0 Å². The molecule has 0 bridgehead atoms. The Morgan fingerprint density at radius 1 is 1.35 bits per heavy atom. The van der Waals surface area contributed by atoms with E-state index in [1.807, 2.05) is 16.9 Å². The molecular formula is C16H24N6O. The van der Waals surface area contributed by atoms with Gasteiger partial charge in [0.2, 0.25) is 5.95 Å². The normalized spacial score (nSPS) is 18.3. The van der Waals surface area contributed by atoms with E-state index in [0.717, 1.165) is 32.0 Å². The van der Waals surface area contributed by atoms with Gasteiger partial charge in [0.1, 0.15) is 6.73 Å². The number of nitrogens with zero attached hydrogens (tertiary/aromatic N) is 5. The molecule has 2 aromatic heterocycles. The molecule has 1 aliphatic rings. The van der Waals surface area contributed by atoms with Gasteiger partial charge < -0.3 is 15.0 Å². The summed E-state index contributed by atoms with van der Waals surface area (Å²) in [5.41, 5.74) is 2.37. The molecule has 7 heteroatoms. The molecule has 23 heavy (non-hydrogen) atoms. The van der Waals surface area contributed by atoms with Gasteiger partial charge in [0.05, 0.1) is 11.9 Å². The maximum absolute atomic E-state index is 5.20. The summed E-state index contributed by atoms with van der Waals surface area (Å²) >= 11 is 0. The highest BCUT2D eigenvalue weighted by atomic mass is 16.5. The van der Waals surface area contributed by atoms with Crippen LogP contribution in [0.1, 0.15) is 24.1 Å². The summed E-state index contributed by atoms with van der Waals surface area (Å²) in [7, 11) is 1.69. The zero-order chi connectivity index (χ0) is 16.1. The first kappa shape index (κ1) is 15.9. The minimum absolute atomic E-state index is 0.429. The Bertz CT molecular complexity index is 614. The molecule has 0 saturated carbocycles. The Balaban J connectivity index is 1.59. The van der Waals surface area contributed by atoms with Gasteiger partial charge in [-0.2, -0.15) is 5.10 Å². The summed E-state index contributed by atoms with van der Waals surface area (Å²) in [5, 5.41) is 8.00. The third-order valence-electron chi connectivity index (χ3n) is 4.22. The summed E-state index contributed by atoms with van der Waals surface area (Å²) in [6.45, 7) is 5.31. The molecule has 1 saturated heterocycles. The first-order valence-electron chi connectivity index (χ1n) is 8.03. The summed E-state index contributed by atoms with van der Waals surface area (Å²) in [5.74, 6) is 0.819. The minimum atomic E-state index is 0.429. The molecule has 0 radical (unpaired) electrons. The van der Waals surface area contributed by atoms with E-state index < -0.39 is 0 Å². The lowest BCUT2D eigenvalue weighted by molar-refractivity contribution is 0.117. The SMILES string of the molecule is COCn1ncc(C)c1CN[C@H]1CCCN(c2ncccn2)C1. The van der Waals surface area contributed by atoms with Crippen molar-refractivity contribution < 1.29 is 4.74 Å². The molecule has 1 atom stereocenters. The number of aromatic nitrogens is 4. The highest BCUT2D eigenvalue weighted by Gasteiger charge is 2.21. The van der Waals surface area contributed by atoms with E-state index in [9.17, 15) is 0 Å². The van der Waals surface area contributed by atoms with Crippen LogP contribution in [0.15, 0.2) is 24.7 Å². The molecular weight excluding hydrogens is 292 g/mol. The van der Waals surface area contributed by atoms with Crippen LogP contribution >= 0.6 is 0 Å². The molecule has 2 aromatic rings. The second kappa shape index (κ2) is 7.52. The van der Waals surface area contributed by atoms with Crippen molar-refractivity contribution in [2.24, 2.45) is 0 Å². The number of ether oxygens (including phenoxy) is 1. The molecule has 0 amide bonds. The molecule has 7 nitrogen and oxygen atoms in total. The predicted octanol–water partition coefficient (Wildman–Crippen LogP) is 1.34. The lowest BCUT2D eigenvalue weighted by atomic mass is 10.1. The standard InChI is InChI=1S/C16H24N6O/c1-13-9-20-22(12-23-2)15(13)10-19-14-5-3-8-21(11-14)16-17-6-4-7-18-16/h4,6-7,9,14,19H,3,5,8,10-12H2,1-2H3/t14-/m0/s1. The van der Waals surface area contributed by atoms with Gasteiger partial charge in [-0.05, 0) is 31.4 Å². The quantitative estimate of drug-likeness (QED) is 0.867. The number of rotatable bonds is 6. The highest BCUT2D eigenvalue weighted by molar-refractivity contribution is 5.29. The van der Waals surface area contributed by atoms with Crippen molar-refractivity contribution in [3.05, 3.63) is 35.9 Å². The first-order valence-corrected chi connectivity index (χ1v) is 8.03. The van der Waals surface area contributed by atoms with Crippen molar-refractivity contribution in [1.29, 1.82) is 0 Å². The number of nitrogens with one attached hydrogen (secondary N) is 1. The molecule has 0 unspecified atom stereocenters. The Labute approximate surface area is 136 Å². The van der Waals surface area contributed by atoms with Crippen molar-refractivity contribution in [2.45, 2.75) is 39.1 Å². The van der Waals surface area contributed by atoms with Crippen LogP contribution in [0.3, 0.4) is 0 Å². The third kappa shape index (κ3) is 3.86. The fourth-order valence-corrected chi connectivity index (χ4v) is 2.99. The van der Waals surface area contributed by atoms with E-state index in [4.69, 9.17) is 4.74 Å². The summed E-state index contributed by atoms with van der Waals surface area (Å²) in [6, 6.07) is 2.28. The first-order chi connectivity index (χ1) is 11.3. The topological polar surface area (TPSA) is 68.1 Å². The van der Waals surface area contributed by atoms with Crippen molar-refractivity contribution in [3.63, 3.8) is 0 Å². The van der Waals surface area contributed by atoms with E-state index in [1.54, 1.807) is 19.5 Å². The predicted molar refractivity (Wildman–Crippen MR) is 88.1 cm³/mol. The molecule has 1 N–H and O–H groups in total. The number of piperidine rings is 1. The monoisotopic (exact) mass is 316 g/mol. The molecule has 0 aliphatic carbocycles. The van der Waals surface area contributed by atoms with Gasteiger partial charge in [-0.3, -0.25) is 0 Å². The molecule has 124 valence electrons. The number of methoxy groups -OCH3 is 1. The van der Waals surface area contributed by atoms with E-state index in [1.165, 1.54) is 17.7 Å². The van der Waals surface area contributed by atoms with Gasteiger partial charge in [0, 0.05) is 45.2 Å². The summed E-state index contributed by atoms with van der Waals surface area (Å²) in [6.07, 6.45) is 7.80. The van der Waals surface area contributed by atoms with Gasteiger partial charge in [0.15, 0.2) is 0 Å². The average Bonchev–Trinajstić information content (AvgIpc) is 2.94. The van der Waals surface area contributed by atoms with Crippen molar-refractivity contribution >= 4 is 5.95 Å². The van der Waals surface area contributed by atoms with E-state index >= 15 is 0 Å². The smallest absolute Gasteiger partial charge is 0.225 e. The van der Waals surface area contributed by atoms with Gasteiger partial charge in [0.25, 0.3) is 0 Å².